The van der Waals surface area contributed by atoms with Gasteiger partial charge in [0.05, 0.1) is 19.1 Å². The molecule has 0 saturated carbocycles. The molecule has 0 bridgehead atoms. The summed E-state index contributed by atoms with van der Waals surface area (Å²) in [6.07, 6.45) is 1.98. The minimum absolute atomic E-state index is 0.0907. The van der Waals surface area contributed by atoms with Crippen LogP contribution in [0.15, 0.2) is 77.3 Å². The maximum atomic E-state index is 14.1. The molecule has 214 valence electrons. The lowest BCUT2D eigenvalue weighted by molar-refractivity contribution is -0.140. The zero-order valence-corrected chi connectivity index (χ0v) is 25.8. The molecule has 0 aliphatic carbocycles. The van der Waals surface area contributed by atoms with Crippen molar-refractivity contribution in [1.82, 2.24) is 10.2 Å². The molecular formula is C29H33BrClN3O5S. The monoisotopic (exact) mass is 649 g/mol. The summed E-state index contributed by atoms with van der Waals surface area (Å²) in [7, 11) is -2.55. The van der Waals surface area contributed by atoms with Gasteiger partial charge in [0.15, 0.2) is 0 Å². The Labute approximate surface area is 249 Å². The fraction of sp³-hybridized carbons (Fsp3) is 0.310. The summed E-state index contributed by atoms with van der Waals surface area (Å²) in [4.78, 5) is 29.0. The first-order valence-corrected chi connectivity index (χ1v) is 15.7. The van der Waals surface area contributed by atoms with Crippen LogP contribution in [-0.4, -0.2) is 57.6 Å². The van der Waals surface area contributed by atoms with Crippen LogP contribution in [-0.2, 0) is 32.6 Å². The molecule has 11 heteroatoms. The van der Waals surface area contributed by atoms with Crippen molar-refractivity contribution in [2.24, 2.45) is 0 Å². The largest absolute Gasteiger partial charge is 0.495 e. The summed E-state index contributed by atoms with van der Waals surface area (Å²) in [5, 5.41) is 3.20. The second-order valence-electron chi connectivity index (χ2n) is 9.23. The summed E-state index contributed by atoms with van der Waals surface area (Å²) >= 11 is 9.61. The van der Waals surface area contributed by atoms with Crippen LogP contribution in [0.3, 0.4) is 0 Å². The number of carbonyl (C=O) groups is 2. The molecule has 40 heavy (non-hydrogen) atoms. The molecule has 3 aromatic rings. The van der Waals surface area contributed by atoms with Gasteiger partial charge in [0, 0.05) is 29.0 Å². The second-order valence-corrected chi connectivity index (χ2v) is 12.5. The third-order valence-electron chi connectivity index (χ3n) is 6.18. The zero-order valence-electron chi connectivity index (χ0n) is 22.6. The number of anilines is 1. The highest BCUT2D eigenvalue weighted by molar-refractivity contribution is 9.10. The number of hydrogen-bond donors (Lipinski definition) is 1. The summed E-state index contributed by atoms with van der Waals surface area (Å²) in [5.74, 6) is -0.631. The van der Waals surface area contributed by atoms with Gasteiger partial charge in [0.25, 0.3) is 0 Å². The van der Waals surface area contributed by atoms with Crippen LogP contribution in [0.1, 0.15) is 24.5 Å². The first-order valence-electron chi connectivity index (χ1n) is 12.7. The Morgan fingerprint density at radius 1 is 1.02 bits per heavy atom. The van der Waals surface area contributed by atoms with Crippen LogP contribution in [0.2, 0.25) is 5.02 Å². The van der Waals surface area contributed by atoms with Gasteiger partial charge in [-0.15, -0.1) is 0 Å². The standard InChI is InChI=1S/C29H33BrClN3O5S/c1-4-16-32-29(36)26(17-21-8-6-5-7-9-21)33(19-22-10-12-23(30)13-11-22)28(35)20-34(40(3,37)38)25-18-24(31)14-15-27(25)39-2/h5-15,18,26H,4,16-17,19-20H2,1-3H3,(H,32,36). The number of halogens is 2. The number of rotatable bonds is 13. The first-order chi connectivity index (χ1) is 19.0. The molecule has 0 saturated heterocycles. The number of nitrogens with zero attached hydrogens (tertiary/aromatic N) is 2. The molecule has 2 amide bonds. The number of ether oxygens (including phenoxy) is 1. The van der Waals surface area contributed by atoms with Crippen molar-refractivity contribution >= 4 is 55.1 Å². The van der Waals surface area contributed by atoms with Gasteiger partial charge in [-0.2, -0.15) is 0 Å². The molecule has 0 heterocycles. The molecule has 0 aromatic heterocycles. The quantitative estimate of drug-likeness (QED) is 0.280. The van der Waals surface area contributed by atoms with E-state index in [4.69, 9.17) is 16.3 Å². The highest BCUT2D eigenvalue weighted by Crippen LogP contribution is 2.33. The summed E-state index contributed by atoms with van der Waals surface area (Å²) in [5.41, 5.74) is 1.78. The molecule has 3 rings (SSSR count). The number of amides is 2. The van der Waals surface area contributed by atoms with Crippen LogP contribution < -0.4 is 14.4 Å². The molecule has 8 nitrogen and oxygen atoms in total. The van der Waals surface area contributed by atoms with Gasteiger partial charge in [-0.25, -0.2) is 8.42 Å². The Hall–Kier alpha value is -3.08. The lowest BCUT2D eigenvalue weighted by Gasteiger charge is -2.33. The molecule has 1 atom stereocenters. The van der Waals surface area contributed by atoms with Crippen LogP contribution in [0.25, 0.3) is 0 Å². The number of carbonyl (C=O) groups excluding carboxylic acids is 2. The smallest absolute Gasteiger partial charge is 0.244 e. The SMILES string of the molecule is CCCNC(=O)C(Cc1ccccc1)N(Cc1ccc(Br)cc1)C(=O)CN(c1cc(Cl)ccc1OC)S(C)(=O)=O. The van der Waals surface area contributed by atoms with E-state index in [0.717, 1.165) is 32.6 Å². The van der Waals surface area contributed by atoms with E-state index in [-0.39, 0.29) is 35.3 Å². The minimum Gasteiger partial charge on any atom is -0.495 e. The van der Waals surface area contributed by atoms with Gasteiger partial charge >= 0.3 is 0 Å². The maximum absolute atomic E-state index is 14.1. The van der Waals surface area contributed by atoms with E-state index in [1.54, 1.807) is 6.07 Å². The van der Waals surface area contributed by atoms with E-state index in [9.17, 15) is 18.0 Å². The van der Waals surface area contributed by atoms with E-state index >= 15 is 0 Å². The van der Waals surface area contributed by atoms with Crippen LogP contribution in [0.5, 0.6) is 5.75 Å². The topological polar surface area (TPSA) is 96.0 Å². The van der Waals surface area contributed by atoms with Gasteiger partial charge in [-0.1, -0.05) is 76.9 Å². The summed E-state index contributed by atoms with van der Waals surface area (Å²) < 4.78 is 33.1. The fourth-order valence-corrected chi connectivity index (χ4v) is 5.43. The molecule has 1 unspecified atom stereocenters. The van der Waals surface area contributed by atoms with E-state index in [2.05, 4.69) is 21.2 Å². The minimum atomic E-state index is -3.95. The molecule has 0 radical (unpaired) electrons. The van der Waals surface area contributed by atoms with Crippen LogP contribution >= 0.6 is 27.5 Å². The van der Waals surface area contributed by atoms with Crippen molar-refractivity contribution in [2.75, 3.05) is 30.8 Å². The third-order valence-corrected chi connectivity index (χ3v) is 8.07. The van der Waals surface area contributed by atoms with Gasteiger partial charge in [0.2, 0.25) is 21.8 Å². The number of methoxy groups -OCH3 is 1. The average Bonchev–Trinajstić information content (AvgIpc) is 2.93. The van der Waals surface area contributed by atoms with E-state index < -0.39 is 28.5 Å². The predicted octanol–water partition coefficient (Wildman–Crippen LogP) is 5.04. The Bertz CT molecular complexity index is 1400. The fourth-order valence-electron chi connectivity index (χ4n) is 4.16. The van der Waals surface area contributed by atoms with Crippen molar-refractivity contribution in [2.45, 2.75) is 32.4 Å². The van der Waals surface area contributed by atoms with Crippen LogP contribution in [0, 0.1) is 0 Å². The van der Waals surface area contributed by atoms with Gasteiger partial charge in [-0.05, 0) is 47.9 Å². The summed E-state index contributed by atoms with van der Waals surface area (Å²) in [6, 6.07) is 20.4. The second kappa shape index (κ2) is 14.5. The number of benzene rings is 3. The van der Waals surface area contributed by atoms with Crippen molar-refractivity contribution in [3.05, 3.63) is 93.4 Å². The van der Waals surface area contributed by atoms with Gasteiger partial charge in [-0.3, -0.25) is 13.9 Å². The van der Waals surface area contributed by atoms with Crippen molar-refractivity contribution in [1.29, 1.82) is 0 Å². The molecule has 0 aliphatic rings. The van der Waals surface area contributed by atoms with E-state index in [0.29, 0.717) is 6.54 Å². The highest BCUT2D eigenvalue weighted by atomic mass is 79.9. The third kappa shape index (κ3) is 8.71. The van der Waals surface area contributed by atoms with Crippen molar-refractivity contribution in [3.63, 3.8) is 0 Å². The molecule has 0 aliphatic heterocycles. The molecule has 1 N–H and O–H groups in total. The molecule has 0 fully saturated rings. The molecule has 0 spiro atoms. The predicted molar refractivity (Wildman–Crippen MR) is 162 cm³/mol. The van der Waals surface area contributed by atoms with Crippen LogP contribution in [0.4, 0.5) is 5.69 Å². The first kappa shape index (κ1) is 31.4. The molecular weight excluding hydrogens is 618 g/mol. The lowest BCUT2D eigenvalue weighted by Crippen LogP contribution is -2.53. The Morgan fingerprint density at radius 2 is 1.70 bits per heavy atom. The maximum Gasteiger partial charge on any atom is 0.244 e. The Kier molecular flexibility index (Phi) is 11.4. The van der Waals surface area contributed by atoms with Crippen molar-refractivity contribution < 1.29 is 22.7 Å². The zero-order chi connectivity index (χ0) is 29.3. The van der Waals surface area contributed by atoms with Crippen molar-refractivity contribution in [3.8, 4) is 5.75 Å². The van der Waals surface area contributed by atoms with E-state index in [1.807, 2.05) is 61.5 Å². The lowest BCUT2D eigenvalue weighted by atomic mass is 10.0. The summed E-state index contributed by atoms with van der Waals surface area (Å²) in [6.45, 7) is 1.92. The van der Waals surface area contributed by atoms with Gasteiger partial charge in [0.1, 0.15) is 18.3 Å². The van der Waals surface area contributed by atoms with E-state index in [1.165, 1.54) is 24.1 Å². The average molecular weight is 651 g/mol. The van der Waals surface area contributed by atoms with Gasteiger partial charge < -0.3 is 15.0 Å². The number of sulfonamides is 1. The Morgan fingerprint density at radius 3 is 2.30 bits per heavy atom. The highest BCUT2D eigenvalue weighted by Gasteiger charge is 2.33. The molecule has 3 aromatic carbocycles. The number of hydrogen-bond acceptors (Lipinski definition) is 5. The Balaban J connectivity index is 2.08. The number of nitrogens with one attached hydrogen (secondary N) is 1. The normalized spacial score (nSPS) is 11.9.